The SMILES string of the molecule is COc1ccc(/C=C(/NC(=O)c2ccccc2)C(=O)Nc2cccc(SC(C(=O)Nc3nc(-c4ccccc4)cs3)c3ccccc3)c2)cc1OC. The number of carbonyl (C=O) groups is 3. The average Bonchev–Trinajstić information content (AvgIpc) is 3.66. The number of thioether (sulfide) groups is 1. The van der Waals surface area contributed by atoms with Crippen LogP contribution in [0.4, 0.5) is 10.8 Å². The molecule has 3 amide bonds. The summed E-state index contributed by atoms with van der Waals surface area (Å²) in [5.41, 5.74) is 4.05. The van der Waals surface area contributed by atoms with Gasteiger partial charge in [0, 0.05) is 27.1 Å². The number of aromatic nitrogens is 1. The fraction of sp³-hybridized carbons (Fsp3) is 0.0732. The molecule has 0 radical (unpaired) electrons. The van der Waals surface area contributed by atoms with E-state index in [1.165, 1.54) is 37.3 Å². The standard InChI is InChI=1S/C41H34N4O5S2/c1-49-35-22-21-27(24-36(35)50-2)23-33(43-38(46)30-17-10-5-11-18-30)39(47)42-31-19-12-20-32(25-31)52-37(29-15-8-4-9-16-29)40(48)45-41-44-34(26-51-41)28-13-6-3-7-14-28/h3-26,37H,1-2H3,(H,42,47)(H,43,46)(H,44,45,48)/b33-23+. The Morgan fingerprint density at radius 3 is 2.15 bits per heavy atom. The monoisotopic (exact) mass is 726 g/mol. The predicted octanol–water partition coefficient (Wildman–Crippen LogP) is 8.71. The van der Waals surface area contributed by atoms with E-state index in [2.05, 4.69) is 20.9 Å². The number of hydrogen-bond acceptors (Lipinski definition) is 8. The Bertz CT molecular complexity index is 2190. The van der Waals surface area contributed by atoms with Crippen molar-refractivity contribution in [2.45, 2.75) is 10.1 Å². The first-order chi connectivity index (χ1) is 25.4. The van der Waals surface area contributed by atoms with E-state index >= 15 is 0 Å². The average molecular weight is 727 g/mol. The van der Waals surface area contributed by atoms with E-state index in [1.54, 1.807) is 66.7 Å². The van der Waals surface area contributed by atoms with E-state index in [-0.39, 0.29) is 11.6 Å². The van der Waals surface area contributed by atoms with Crippen LogP contribution in [0, 0.1) is 0 Å². The van der Waals surface area contributed by atoms with Gasteiger partial charge in [-0.05, 0) is 59.7 Å². The minimum absolute atomic E-state index is 0.0130. The molecule has 1 unspecified atom stereocenters. The highest BCUT2D eigenvalue weighted by atomic mass is 32.2. The Kier molecular flexibility index (Phi) is 11.8. The van der Waals surface area contributed by atoms with Crippen LogP contribution in [0.25, 0.3) is 17.3 Å². The third kappa shape index (κ3) is 9.13. The molecule has 1 aromatic heterocycles. The normalized spacial score (nSPS) is 11.6. The highest BCUT2D eigenvalue weighted by Crippen LogP contribution is 2.38. The van der Waals surface area contributed by atoms with E-state index in [0.29, 0.717) is 33.4 Å². The van der Waals surface area contributed by atoms with E-state index in [1.807, 2.05) is 78.2 Å². The Morgan fingerprint density at radius 2 is 1.44 bits per heavy atom. The molecule has 6 aromatic rings. The minimum Gasteiger partial charge on any atom is -0.493 e. The number of methoxy groups -OCH3 is 2. The molecule has 52 heavy (non-hydrogen) atoms. The van der Waals surface area contributed by atoms with Gasteiger partial charge in [-0.1, -0.05) is 91.0 Å². The summed E-state index contributed by atoms with van der Waals surface area (Å²) in [6.45, 7) is 0. The molecule has 0 aliphatic heterocycles. The smallest absolute Gasteiger partial charge is 0.272 e. The third-order valence-electron chi connectivity index (χ3n) is 7.74. The predicted molar refractivity (Wildman–Crippen MR) is 208 cm³/mol. The summed E-state index contributed by atoms with van der Waals surface area (Å²) in [6.07, 6.45) is 1.56. The number of anilines is 2. The van der Waals surface area contributed by atoms with Crippen LogP contribution in [0.2, 0.25) is 0 Å². The Labute approximate surface area is 309 Å². The van der Waals surface area contributed by atoms with Gasteiger partial charge in [0.25, 0.3) is 11.8 Å². The van der Waals surface area contributed by atoms with Crippen LogP contribution in [-0.2, 0) is 9.59 Å². The van der Waals surface area contributed by atoms with Gasteiger partial charge in [0.2, 0.25) is 5.91 Å². The van der Waals surface area contributed by atoms with E-state index in [9.17, 15) is 14.4 Å². The quantitative estimate of drug-likeness (QED) is 0.0805. The summed E-state index contributed by atoms with van der Waals surface area (Å²) in [4.78, 5) is 46.2. The molecule has 260 valence electrons. The summed E-state index contributed by atoms with van der Waals surface area (Å²) in [7, 11) is 3.06. The maximum Gasteiger partial charge on any atom is 0.272 e. The van der Waals surface area contributed by atoms with Crippen molar-refractivity contribution < 1.29 is 23.9 Å². The summed E-state index contributed by atoms with van der Waals surface area (Å²) < 4.78 is 10.8. The first kappa shape index (κ1) is 35.6. The molecule has 0 aliphatic carbocycles. The Morgan fingerprint density at radius 1 is 0.750 bits per heavy atom. The zero-order valence-corrected chi connectivity index (χ0v) is 29.9. The van der Waals surface area contributed by atoms with Gasteiger partial charge in [-0.25, -0.2) is 4.98 Å². The second kappa shape index (κ2) is 17.2. The van der Waals surface area contributed by atoms with Crippen LogP contribution < -0.4 is 25.4 Å². The van der Waals surface area contributed by atoms with Gasteiger partial charge >= 0.3 is 0 Å². The van der Waals surface area contributed by atoms with Gasteiger partial charge in [-0.2, -0.15) is 0 Å². The largest absolute Gasteiger partial charge is 0.493 e. The number of amides is 3. The van der Waals surface area contributed by atoms with Gasteiger partial charge in [0.1, 0.15) is 10.9 Å². The Hall–Kier alpha value is -6.17. The van der Waals surface area contributed by atoms with Gasteiger partial charge in [-0.3, -0.25) is 14.4 Å². The van der Waals surface area contributed by atoms with E-state index in [4.69, 9.17) is 9.47 Å². The molecule has 11 heteroatoms. The highest BCUT2D eigenvalue weighted by Gasteiger charge is 2.24. The lowest BCUT2D eigenvalue weighted by atomic mass is 10.1. The number of thiazole rings is 1. The number of nitrogens with one attached hydrogen (secondary N) is 3. The van der Waals surface area contributed by atoms with Crippen LogP contribution in [-0.4, -0.2) is 36.9 Å². The molecular formula is C41H34N4O5S2. The van der Waals surface area contributed by atoms with Crippen molar-refractivity contribution in [1.82, 2.24) is 10.3 Å². The number of rotatable bonds is 13. The van der Waals surface area contributed by atoms with Gasteiger partial charge in [0.15, 0.2) is 16.6 Å². The topological polar surface area (TPSA) is 119 Å². The van der Waals surface area contributed by atoms with Crippen LogP contribution in [0.15, 0.2) is 149 Å². The van der Waals surface area contributed by atoms with Gasteiger partial charge < -0.3 is 25.4 Å². The number of ether oxygens (including phenoxy) is 2. The van der Waals surface area contributed by atoms with Crippen molar-refractivity contribution in [3.63, 3.8) is 0 Å². The van der Waals surface area contributed by atoms with Crippen molar-refractivity contribution in [3.8, 4) is 22.8 Å². The lowest BCUT2D eigenvalue weighted by molar-refractivity contribution is -0.116. The first-order valence-electron chi connectivity index (χ1n) is 16.1. The summed E-state index contributed by atoms with van der Waals surface area (Å²) in [6, 6.07) is 40.3. The van der Waals surface area contributed by atoms with Crippen molar-refractivity contribution in [2.24, 2.45) is 0 Å². The van der Waals surface area contributed by atoms with Crippen molar-refractivity contribution in [3.05, 3.63) is 161 Å². The minimum atomic E-state index is -0.623. The molecule has 0 spiro atoms. The zero-order chi connectivity index (χ0) is 36.3. The lowest BCUT2D eigenvalue weighted by Crippen LogP contribution is -2.30. The van der Waals surface area contributed by atoms with Gasteiger partial charge in [-0.15, -0.1) is 23.1 Å². The molecule has 0 saturated heterocycles. The number of nitrogens with zero attached hydrogens (tertiary/aromatic N) is 1. The maximum atomic E-state index is 13.8. The molecule has 3 N–H and O–H groups in total. The summed E-state index contributed by atoms with van der Waals surface area (Å²) in [5, 5.41) is 10.5. The molecule has 1 heterocycles. The van der Waals surface area contributed by atoms with Crippen molar-refractivity contribution in [2.75, 3.05) is 24.9 Å². The second-order valence-electron chi connectivity index (χ2n) is 11.3. The second-order valence-corrected chi connectivity index (χ2v) is 13.3. The molecule has 0 bridgehead atoms. The van der Waals surface area contributed by atoms with Crippen LogP contribution in [0.5, 0.6) is 11.5 Å². The molecule has 5 aromatic carbocycles. The zero-order valence-electron chi connectivity index (χ0n) is 28.2. The molecule has 6 rings (SSSR count). The summed E-state index contributed by atoms with van der Waals surface area (Å²) in [5.74, 6) is -0.225. The van der Waals surface area contributed by atoms with E-state index < -0.39 is 17.1 Å². The molecular weight excluding hydrogens is 693 g/mol. The summed E-state index contributed by atoms with van der Waals surface area (Å²) >= 11 is 2.71. The van der Waals surface area contributed by atoms with E-state index in [0.717, 1.165) is 21.7 Å². The molecule has 0 aliphatic rings. The molecule has 9 nitrogen and oxygen atoms in total. The lowest BCUT2D eigenvalue weighted by Gasteiger charge is -2.17. The van der Waals surface area contributed by atoms with Crippen molar-refractivity contribution >= 4 is 57.7 Å². The number of benzene rings is 5. The molecule has 0 saturated carbocycles. The Balaban J connectivity index is 1.23. The fourth-order valence-corrected chi connectivity index (χ4v) is 6.98. The highest BCUT2D eigenvalue weighted by molar-refractivity contribution is 8.00. The first-order valence-corrected chi connectivity index (χ1v) is 17.9. The van der Waals surface area contributed by atoms with Crippen LogP contribution in [0.1, 0.15) is 26.7 Å². The third-order valence-corrected chi connectivity index (χ3v) is 9.74. The van der Waals surface area contributed by atoms with Crippen LogP contribution in [0.3, 0.4) is 0 Å². The molecule has 0 fully saturated rings. The molecule has 1 atom stereocenters. The maximum absolute atomic E-state index is 13.8. The number of hydrogen-bond donors (Lipinski definition) is 3. The number of carbonyl (C=O) groups excluding carboxylic acids is 3. The van der Waals surface area contributed by atoms with Crippen molar-refractivity contribution in [1.29, 1.82) is 0 Å². The van der Waals surface area contributed by atoms with Crippen LogP contribution >= 0.6 is 23.1 Å². The van der Waals surface area contributed by atoms with Gasteiger partial charge in [0.05, 0.1) is 19.9 Å². The fourth-order valence-electron chi connectivity index (χ4n) is 5.18.